The number of aryl methyl sites for hydroxylation is 1. The van der Waals surface area contributed by atoms with E-state index in [9.17, 15) is 0 Å². The molecular formula is C11H18N2OS. The molecular weight excluding hydrogens is 208 g/mol. The van der Waals surface area contributed by atoms with Gasteiger partial charge >= 0.3 is 0 Å². The Kier molecular flexibility index (Phi) is 3.72. The fraction of sp³-hybridized carbons (Fsp3) is 0.727. The zero-order valence-corrected chi connectivity index (χ0v) is 10.2. The molecule has 1 saturated heterocycles. The molecule has 4 heteroatoms. The Morgan fingerprint density at radius 3 is 3.13 bits per heavy atom. The lowest BCUT2D eigenvalue weighted by Gasteiger charge is -2.19. The lowest BCUT2D eigenvalue weighted by Crippen LogP contribution is -2.27. The summed E-state index contributed by atoms with van der Waals surface area (Å²) >= 11 is 1.78. The van der Waals surface area contributed by atoms with Gasteiger partial charge < -0.3 is 4.74 Å². The summed E-state index contributed by atoms with van der Waals surface area (Å²) in [5.74, 6) is 0. The molecule has 0 unspecified atom stereocenters. The molecule has 15 heavy (non-hydrogen) atoms. The number of aromatic nitrogens is 1. The third-order valence-electron chi connectivity index (χ3n) is 2.63. The predicted octanol–water partition coefficient (Wildman–Crippen LogP) is 2.06. The lowest BCUT2D eigenvalue weighted by atomic mass is 10.2. The Labute approximate surface area is 95.1 Å². The molecule has 2 heterocycles. The average Bonchev–Trinajstić information content (AvgIpc) is 2.77. The number of likely N-dealkylation sites (N-methyl/N-ethyl adjacent to an activating group) is 1. The normalized spacial score (nSPS) is 21.4. The van der Waals surface area contributed by atoms with E-state index in [0.29, 0.717) is 6.10 Å². The van der Waals surface area contributed by atoms with Crippen LogP contribution in [0.3, 0.4) is 0 Å². The molecule has 0 N–H and O–H groups in total. The minimum Gasteiger partial charge on any atom is -0.377 e. The van der Waals surface area contributed by atoms with Crippen LogP contribution < -0.4 is 0 Å². The summed E-state index contributed by atoms with van der Waals surface area (Å²) in [7, 11) is 2.15. The largest absolute Gasteiger partial charge is 0.377 e. The molecule has 1 aliphatic rings. The molecule has 1 fully saturated rings. The highest BCUT2D eigenvalue weighted by Crippen LogP contribution is 2.16. The van der Waals surface area contributed by atoms with Gasteiger partial charge in [-0.3, -0.25) is 4.90 Å². The van der Waals surface area contributed by atoms with Gasteiger partial charge in [0.1, 0.15) is 0 Å². The molecule has 2 rings (SSSR count). The Morgan fingerprint density at radius 2 is 2.53 bits per heavy atom. The van der Waals surface area contributed by atoms with Gasteiger partial charge in [0.15, 0.2) is 0 Å². The van der Waals surface area contributed by atoms with Crippen molar-refractivity contribution in [1.29, 1.82) is 0 Å². The van der Waals surface area contributed by atoms with Gasteiger partial charge in [-0.15, -0.1) is 11.3 Å². The molecule has 0 aliphatic carbocycles. The van der Waals surface area contributed by atoms with Crippen LogP contribution in [-0.2, 0) is 11.3 Å². The van der Waals surface area contributed by atoms with E-state index in [1.165, 1.54) is 17.7 Å². The Morgan fingerprint density at radius 1 is 1.67 bits per heavy atom. The highest BCUT2D eigenvalue weighted by Gasteiger charge is 2.17. The third kappa shape index (κ3) is 3.26. The molecule has 84 valence electrons. The number of hydrogen-bond acceptors (Lipinski definition) is 4. The maximum absolute atomic E-state index is 5.61. The van der Waals surface area contributed by atoms with Crippen molar-refractivity contribution in [2.45, 2.75) is 32.4 Å². The van der Waals surface area contributed by atoms with Gasteiger partial charge in [0, 0.05) is 30.8 Å². The second-order valence-electron chi connectivity index (χ2n) is 4.18. The van der Waals surface area contributed by atoms with Crippen molar-refractivity contribution in [3.8, 4) is 0 Å². The summed E-state index contributed by atoms with van der Waals surface area (Å²) < 4.78 is 5.61. The maximum atomic E-state index is 5.61. The van der Waals surface area contributed by atoms with Gasteiger partial charge in [0.05, 0.1) is 11.1 Å². The van der Waals surface area contributed by atoms with E-state index >= 15 is 0 Å². The van der Waals surface area contributed by atoms with Crippen LogP contribution in [-0.4, -0.2) is 36.2 Å². The van der Waals surface area contributed by atoms with E-state index in [-0.39, 0.29) is 0 Å². The zero-order chi connectivity index (χ0) is 10.7. The summed E-state index contributed by atoms with van der Waals surface area (Å²) in [5, 5.41) is 1.15. The molecule has 0 aromatic carbocycles. The van der Waals surface area contributed by atoms with E-state index in [1.807, 2.05) is 13.1 Å². The first kappa shape index (κ1) is 11.0. The molecule has 3 nitrogen and oxygen atoms in total. The van der Waals surface area contributed by atoms with Crippen molar-refractivity contribution >= 4 is 11.3 Å². The Balaban J connectivity index is 1.78. The van der Waals surface area contributed by atoms with E-state index < -0.39 is 0 Å². The lowest BCUT2D eigenvalue weighted by molar-refractivity contribution is 0.0796. The van der Waals surface area contributed by atoms with Crippen molar-refractivity contribution in [3.05, 3.63) is 16.1 Å². The van der Waals surface area contributed by atoms with Gasteiger partial charge in [-0.25, -0.2) is 4.98 Å². The van der Waals surface area contributed by atoms with Gasteiger partial charge in [-0.05, 0) is 26.8 Å². The second kappa shape index (κ2) is 5.05. The fourth-order valence-corrected chi connectivity index (χ4v) is 2.82. The number of thiazole rings is 1. The van der Waals surface area contributed by atoms with Crippen molar-refractivity contribution in [2.24, 2.45) is 0 Å². The maximum Gasteiger partial charge on any atom is 0.0897 e. The molecule has 0 radical (unpaired) electrons. The summed E-state index contributed by atoms with van der Waals surface area (Å²) in [6.45, 7) is 5.02. The summed E-state index contributed by atoms with van der Waals surface area (Å²) in [5.41, 5.74) is 0. The van der Waals surface area contributed by atoms with E-state index in [0.717, 1.165) is 24.7 Å². The van der Waals surface area contributed by atoms with Crippen LogP contribution in [0, 0.1) is 6.92 Å². The molecule has 1 aliphatic heterocycles. The number of ether oxygens (including phenoxy) is 1. The van der Waals surface area contributed by atoms with Gasteiger partial charge in [-0.1, -0.05) is 0 Å². The van der Waals surface area contributed by atoms with E-state index in [4.69, 9.17) is 4.74 Å². The molecule has 0 bridgehead atoms. The minimum absolute atomic E-state index is 0.448. The molecule has 1 aromatic rings. The number of nitrogens with zero attached hydrogens (tertiary/aromatic N) is 2. The van der Waals surface area contributed by atoms with Crippen molar-refractivity contribution in [1.82, 2.24) is 9.88 Å². The van der Waals surface area contributed by atoms with Crippen LogP contribution in [0.4, 0.5) is 0 Å². The third-order valence-corrected chi connectivity index (χ3v) is 3.53. The van der Waals surface area contributed by atoms with Crippen molar-refractivity contribution in [2.75, 3.05) is 20.2 Å². The van der Waals surface area contributed by atoms with Crippen LogP contribution in [0.5, 0.6) is 0 Å². The number of rotatable bonds is 4. The van der Waals surface area contributed by atoms with Crippen LogP contribution in [0.15, 0.2) is 6.20 Å². The highest BCUT2D eigenvalue weighted by atomic mass is 32.1. The molecule has 1 atom stereocenters. The van der Waals surface area contributed by atoms with Gasteiger partial charge in [-0.2, -0.15) is 0 Å². The predicted molar refractivity (Wildman–Crippen MR) is 62.2 cm³/mol. The zero-order valence-electron chi connectivity index (χ0n) is 9.40. The standard InChI is InChI=1S/C11H18N2OS/c1-9-12-6-11(15-9)8-13(2)7-10-4-3-5-14-10/h6,10H,3-5,7-8H2,1-2H3/t10-/m0/s1. The summed E-state index contributed by atoms with van der Waals surface area (Å²) in [6.07, 6.45) is 4.86. The quantitative estimate of drug-likeness (QED) is 0.786. The summed E-state index contributed by atoms with van der Waals surface area (Å²) in [6, 6.07) is 0. The SMILES string of the molecule is Cc1ncc(CN(C)C[C@@H]2CCCO2)s1. The van der Waals surface area contributed by atoms with Gasteiger partial charge in [0.2, 0.25) is 0 Å². The minimum atomic E-state index is 0.448. The highest BCUT2D eigenvalue weighted by molar-refractivity contribution is 7.11. The monoisotopic (exact) mass is 226 g/mol. The Bertz CT molecular complexity index is 307. The first-order valence-corrected chi connectivity index (χ1v) is 6.27. The van der Waals surface area contributed by atoms with Crippen LogP contribution in [0.25, 0.3) is 0 Å². The van der Waals surface area contributed by atoms with Crippen LogP contribution >= 0.6 is 11.3 Å². The summed E-state index contributed by atoms with van der Waals surface area (Å²) in [4.78, 5) is 7.93. The molecule has 0 spiro atoms. The average molecular weight is 226 g/mol. The fourth-order valence-electron chi connectivity index (χ4n) is 1.94. The first-order chi connectivity index (χ1) is 7.24. The molecule has 1 aromatic heterocycles. The van der Waals surface area contributed by atoms with E-state index in [2.05, 4.69) is 16.9 Å². The number of hydrogen-bond donors (Lipinski definition) is 0. The first-order valence-electron chi connectivity index (χ1n) is 5.45. The van der Waals surface area contributed by atoms with Gasteiger partial charge in [0.25, 0.3) is 0 Å². The smallest absolute Gasteiger partial charge is 0.0897 e. The Hall–Kier alpha value is -0.450. The molecule has 0 saturated carbocycles. The van der Waals surface area contributed by atoms with E-state index in [1.54, 1.807) is 11.3 Å². The topological polar surface area (TPSA) is 25.4 Å². The second-order valence-corrected chi connectivity index (χ2v) is 5.50. The van der Waals surface area contributed by atoms with Crippen molar-refractivity contribution < 1.29 is 4.74 Å². The van der Waals surface area contributed by atoms with Crippen LogP contribution in [0.1, 0.15) is 22.7 Å². The molecule has 0 amide bonds. The van der Waals surface area contributed by atoms with Crippen molar-refractivity contribution in [3.63, 3.8) is 0 Å². The van der Waals surface area contributed by atoms with Crippen LogP contribution in [0.2, 0.25) is 0 Å².